The molecule has 2 rings (SSSR count). The van der Waals surface area contributed by atoms with Gasteiger partial charge in [-0.2, -0.15) is 0 Å². The summed E-state index contributed by atoms with van der Waals surface area (Å²) in [6, 6.07) is 11.4. The molecule has 32 heavy (non-hydrogen) atoms. The van der Waals surface area contributed by atoms with Gasteiger partial charge in [0, 0.05) is 24.1 Å². The first-order valence-corrected chi connectivity index (χ1v) is 12.3. The quantitative estimate of drug-likeness (QED) is 0.263. The van der Waals surface area contributed by atoms with E-state index in [4.69, 9.17) is 9.47 Å². The Bertz CT molecular complexity index is 807. The van der Waals surface area contributed by atoms with Crippen molar-refractivity contribution >= 4 is 5.91 Å². The summed E-state index contributed by atoms with van der Waals surface area (Å²) in [6.07, 6.45) is 13.2. The molecular formula is C27H41N2O3+. The maximum absolute atomic E-state index is 12.7. The molecule has 0 aliphatic carbocycles. The number of nitrogens with one attached hydrogen (secondary N) is 1. The molecule has 0 bridgehead atoms. The number of aromatic nitrogens is 1. The van der Waals surface area contributed by atoms with Gasteiger partial charge < -0.3 is 14.8 Å². The van der Waals surface area contributed by atoms with Crippen molar-refractivity contribution in [2.24, 2.45) is 0 Å². The molecule has 0 spiro atoms. The molecule has 0 radical (unpaired) electrons. The van der Waals surface area contributed by atoms with Gasteiger partial charge in [-0.05, 0) is 24.6 Å². The Kier molecular flexibility index (Phi) is 12.3. The minimum atomic E-state index is -0.121. The molecule has 176 valence electrons. The van der Waals surface area contributed by atoms with Crippen LogP contribution in [0.2, 0.25) is 0 Å². The fraction of sp³-hybridized carbons (Fsp3) is 0.556. The summed E-state index contributed by atoms with van der Waals surface area (Å²) < 4.78 is 13.6. The van der Waals surface area contributed by atoms with E-state index in [1.807, 2.05) is 30.5 Å². The molecule has 1 aromatic carbocycles. The van der Waals surface area contributed by atoms with Crippen molar-refractivity contribution in [1.82, 2.24) is 5.32 Å². The number of hydrogen-bond acceptors (Lipinski definition) is 3. The summed E-state index contributed by atoms with van der Waals surface area (Å²) >= 11 is 0. The van der Waals surface area contributed by atoms with Crippen molar-refractivity contribution in [2.45, 2.75) is 84.7 Å². The van der Waals surface area contributed by atoms with Gasteiger partial charge in [-0.15, -0.1) is 0 Å². The highest BCUT2D eigenvalue weighted by molar-refractivity contribution is 5.94. The Morgan fingerprint density at radius 3 is 2.38 bits per heavy atom. The van der Waals surface area contributed by atoms with E-state index in [1.165, 1.54) is 44.9 Å². The largest absolute Gasteiger partial charge is 0.493 e. The molecule has 0 aliphatic rings. The lowest BCUT2D eigenvalue weighted by molar-refractivity contribution is -0.704. The lowest BCUT2D eigenvalue weighted by Gasteiger charge is -2.12. The molecule has 2 aromatic rings. The Balaban J connectivity index is 1.80. The first-order valence-electron chi connectivity index (χ1n) is 12.3. The number of unbranched alkanes of at least 4 members (excludes halogenated alkanes) is 7. The highest BCUT2D eigenvalue weighted by atomic mass is 16.5. The molecule has 1 heterocycles. The van der Waals surface area contributed by atoms with Crippen molar-refractivity contribution in [3.05, 3.63) is 53.9 Å². The Morgan fingerprint density at radius 2 is 1.66 bits per heavy atom. The van der Waals surface area contributed by atoms with Crippen LogP contribution in [0.4, 0.5) is 0 Å². The number of amides is 1. The number of carbonyl (C=O) groups excluding carboxylic acids is 1. The first-order chi connectivity index (χ1) is 15.7. The lowest BCUT2D eigenvalue weighted by Crippen LogP contribution is -2.40. The predicted molar refractivity (Wildman–Crippen MR) is 129 cm³/mol. The van der Waals surface area contributed by atoms with Crippen molar-refractivity contribution < 1.29 is 18.8 Å². The van der Waals surface area contributed by atoms with Crippen LogP contribution in [0.25, 0.3) is 0 Å². The molecule has 1 amide bonds. The van der Waals surface area contributed by atoms with Crippen LogP contribution in [-0.2, 0) is 13.1 Å². The van der Waals surface area contributed by atoms with Crippen molar-refractivity contribution in [2.75, 3.05) is 13.7 Å². The van der Waals surface area contributed by atoms with E-state index >= 15 is 0 Å². The molecule has 0 aliphatic heterocycles. The normalized spacial score (nSPS) is 10.7. The predicted octanol–water partition coefficient (Wildman–Crippen LogP) is 5.84. The van der Waals surface area contributed by atoms with Crippen LogP contribution in [-0.4, -0.2) is 19.6 Å². The number of nitrogens with zero attached hydrogens (tertiary/aromatic N) is 1. The second kappa shape index (κ2) is 15.3. The summed E-state index contributed by atoms with van der Waals surface area (Å²) in [7, 11) is 1.61. The summed E-state index contributed by atoms with van der Waals surface area (Å²) in [5.74, 6) is 1.17. The zero-order valence-corrected chi connectivity index (χ0v) is 20.2. The minimum absolute atomic E-state index is 0.121. The Labute approximate surface area is 194 Å². The standard InChI is InChI=1S/C27H40N2O3/c1-4-6-7-8-9-10-11-14-20-32-25-17-16-23(21-26(25)31-3)27(30)28-22-24-15-12-13-19-29(24)18-5-2/h12-13,15-17,19,21H,4-11,14,18,20,22H2,1-3H3/p+1. The Morgan fingerprint density at radius 1 is 0.906 bits per heavy atom. The fourth-order valence-corrected chi connectivity index (χ4v) is 3.75. The highest BCUT2D eigenvalue weighted by Crippen LogP contribution is 2.28. The van der Waals surface area contributed by atoms with E-state index in [9.17, 15) is 4.79 Å². The number of ether oxygens (including phenoxy) is 2. The first kappa shape index (κ1) is 25.7. The summed E-state index contributed by atoms with van der Waals surface area (Å²) in [4.78, 5) is 12.7. The molecule has 5 heteroatoms. The van der Waals surface area contributed by atoms with E-state index in [2.05, 4.69) is 23.7 Å². The third-order valence-corrected chi connectivity index (χ3v) is 5.61. The van der Waals surface area contributed by atoms with Gasteiger partial charge in [-0.1, -0.05) is 64.9 Å². The van der Waals surface area contributed by atoms with Crippen molar-refractivity contribution in [3.8, 4) is 11.5 Å². The summed E-state index contributed by atoms with van der Waals surface area (Å²) in [5, 5.41) is 3.01. The van der Waals surface area contributed by atoms with Gasteiger partial charge in [0.05, 0.1) is 13.7 Å². The summed E-state index contributed by atoms with van der Waals surface area (Å²) in [5.41, 5.74) is 1.65. The van der Waals surface area contributed by atoms with Gasteiger partial charge in [0.15, 0.2) is 17.7 Å². The number of rotatable bonds is 16. The van der Waals surface area contributed by atoms with Gasteiger partial charge in [-0.3, -0.25) is 4.79 Å². The third kappa shape index (κ3) is 8.89. The average molecular weight is 442 g/mol. The fourth-order valence-electron chi connectivity index (χ4n) is 3.75. The van der Waals surface area contributed by atoms with Crippen LogP contribution < -0.4 is 19.4 Å². The van der Waals surface area contributed by atoms with Gasteiger partial charge in [0.1, 0.15) is 13.1 Å². The number of carbonyl (C=O) groups is 1. The van der Waals surface area contributed by atoms with Crippen LogP contribution >= 0.6 is 0 Å². The van der Waals surface area contributed by atoms with Crippen LogP contribution in [0.1, 0.15) is 87.7 Å². The molecule has 0 saturated carbocycles. The third-order valence-electron chi connectivity index (χ3n) is 5.61. The van der Waals surface area contributed by atoms with E-state index in [0.717, 1.165) is 25.1 Å². The van der Waals surface area contributed by atoms with Crippen molar-refractivity contribution in [3.63, 3.8) is 0 Å². The van der Waals surface area contributed by atoms with Crippen LogP contribution in [0.15, 0.2) is 42.6 Å². The average Bonchev–Trinajstić information content (AvgIpc) is 2.82. The lowest BCUT2D eigenvalue weighted by atomic mass is 10.1. The second-order valence-corrected chi connectivity index (χ2v) is 8.26. The number of benzene rings is 1. The van der Waals surface area contributed by atoms with Gasteiger partial charge in [0.25, 0.3) is 5.91 Å². The zero-order valence-electron chi connectivity index (χ0n) is 20.2. The van der Waals surface area contributed by atoms with Crippen LogP contribution in [0.5, 0.6) is 11.5 Å². The smallest absolute Gasteiger partial charge is 0.251 e. The van der Waals surface area contributed by atoms with Gasteiger partial charge >= 0.3 is 0 Å². The van der Waals surface area contributed by atoms with Crippen LogP contribution in [0.3, 0.4) is 0 Å². The molecule has 1 N–H and O–H groups in total. The van der Waals surface area contributed by atoms with E-state index in [-0.39, 0.29) is 5.91 Å². The van der Waals surface area contributed by atoms with E-state index in [0.29, 0.717) is 30.2 Å². The number of aryl methyl sites for hydroxylation is 1. The maximum Gasteiger partial charge on any atom is 0.251 e. The molecule has 5 nitrogen and oxygen atoms in total. The van der Waals surface area contributed by atoms with Gasteiger partial charge in [-0.25, -0.2) is 4.57 Å². The topological polar surface area (TPSA) is 51.4 Å². The van der Waals surface area contributed by atoms with E-state index in [1.54, 1.807) is 19.2 Å². The highest BCUT2D eigenvalue weighted by Gasteiger charge is 2.14. The van der Waals surface area contributed by atoms with Crippen LogP contribution in [0, 0.1) is 0 Å². The minimum Gasteiger partial charge on any atom is -0.493 e. The molecule has 1 aromatic heterocycles. The SMILES string of the molecule is CCCCCCCCCCOc1ccc(C(=O)NCc2cccc[n+]2CCC)cc1OC. The number of pyridine rings is 1. The number of hydrogen-bond donors (Lipinski definition) is 1. The molecule has 0 atom stereocenters. The maximum atomic E-state index is 12.7. The van der Waals surface area contributed by atoms with Gasteiger partial charge in [0.2, 0.25) is 5.69 Å². The molecule has 0 unspecified atom stereocenters. The molecule has 0 saturated heterocycles. The van der Waals surface area contributed by atoms with E-state index < -0.39 is 0 Å². The Hall–Kier alpha value is -2.56. The molecule has 0 fully saturated rings. The summed E-state index contributed by atoms with van der Waals surface area (Å²) in [6.45, 7) is 6.48. The zero-order chi connectivity index (χ0) is 23.0. The monoisotopic (exact) mass is 441 g/mol. The van der Waals surface area contributed by atoms with Crippen molar-refractivity contribution in [1.29, 1.82) is 0 Å². The molecular weight excluding hydrogens is 400 g/mol. The number of methoxy groups -OCH3 is 1. The second-order valence-electron chi connectivity index (χ2n) is 8.26.